The molecular formula is C15H20N2O4. The van der Waals surface area contributed by atoms with Gasteiger partial charge in [0.25, 0.3) is 0 Å². The SMILES string of the molecule is CNC1COCC1C(=O)NCC1COc2ccccc2O1. The highest BCUT2D eigenvalue weighted by Crippen LogP contribution is 2.30. The zero-order chi connectivity index (χ0) is 14.7. The summed E-state index contributed by atoms with van der Waals surface area (Å²) in [5.41, 5.74) is 0. The highest BCUT2D eigenvalue weighted by atomic mass is 16.6. The molecule has 114 valence electrons. The fraction of sp³-hybridized carbons (Fsp3) is 0.533. The molecule has 3 rings (SSSR count). The molecular weight excluding hydrogens is 272 g/mol. The van der Waals surface area contributed by atoms with Crippen LogP contribution in [0.1, 0.15) is 0 Å². The van der Waals surface area contributed by atoms with E-state index in [9.17, 15) is 4.79 Å². The van der Waals surface area contributed by atoms with Crippen molar-refractivity contribution in [3.05, 3.63) is 24.3 Å². The summed E-state index contributed by atoms with van der Waals surface area (Å²) in [4.78, 5) is 12.2. The van der Waals surface area contributed by atoms with Crippen LogP contribution in [0.15, 0.2) is 24.3 Å². The number of ether oxygens (including phenoxy) is 3. The van der Waals surface area contributed by atoms with E-state index in [-0.39, 0.29) is 24.0 Å². The molecule has 6 heteroatoms. The molecule has 0 radical (unpaired) electrons. The first-order chi connectivity index (χ1) is 10.3. The van der Waals surface area contributed by atoms with Crippen LogP contribution in [0, 0.1) is 5.92 Å². The molecule has 1 aromatic carbocycles. The van der Waals surface area contributed by atoms with Crippen molar-refractivity contribution in [3.63, 3.8) is 0 Å². The second-order valence-corrected chi connectivity index (χ2v) is 5.28. The molecule has 1 aromatic rings. The molecule has 6 nitrogen and oxygen atoms in total. The normalized spacial score (nSPS) is 27.4. The van der Waals surface area contributed by atoms with Crippen molar-refractivity contribution in [1.29, 1.82) is 0 Å². The predicted octanol–water partition coefficient (Wildman–Crippen LogP) is 0.177. The van der Waals surface area contributed by atoms with E-state index in [1.165, 1.54) is 0 Å². The number of para-hydroxylation sites is 2. The van der Waals surface area contributed by atoms with E-state index >= 15 is 0 Å². The number of likely N-dealkylation sites (N-methyl/N-ethyl adjacent to an activating group) is 1. The first kappa shape index (κ1) is 14.2. The van der Waals surface area contributed by atoms with Gasteiger partial charge in [-0.25, -0.2) is 0 Å². The number of rotatable bonds is 4. The van der Waals surface area contributed by atoms with E-state index in [1.54, 1.807) is 0 Å². The first-order valence-corrected chi connectivity index (χ1v) is 7.19. The molecule has 2 N–H and O–H groups in total. The number of amides is 1. The minimum atomic E-state index is -0.167. The van der Waals surface area contributed by atoms with Gasteiger partial charge in [0, 0.05) is 6.04 Å². The standard InChI is InChI=1S/C15H20N2O4/c1-16-12-9-19-8-11(12)15(18)17-6-10-7-20-13-4-2-3-5-14(13)21-10/h2-5,10-12,16H,6-9H2,1H3,(H,17,18). The second-order valence-electron chi connectivity index (χ2n) is 5.28. The van der Waals surface area contributed by atoms with E-state index in [2.05, 4.69) is 10.6 Å². The van der Waals surface area contributed by atoms with Gasteiger partial charge in [-0.1, -0.05) is 12.1 Å². The molecule has 2 aliphatic heterocycles. The number of carbonyl (C=O) groups excluding carboxylic acids is 1. The van der Waals surface area contributed by atoms with E-state index in [4.69, 9.17) is 14.2 Å². The summed E-state index contributed by atoms with van der Waals surface area (Å²) in [7, 11) is 1.84. The molecule has 0 aliphatic carbocycles. The Balaban J connectivity index is 1.51. The predicted molar refractivity (Wildman–Crippen MR) is 76.5 cm³/mol. The number of fused-ring (bicyclic) bond motifs is 1. The fourth-order valence-electron chi connectivity index (χ4n) is 2.61. The summed E-state index contributed by atoms with van der Waals surface area (Å²) >= 11 is 0. The summed E-state index contributed by atoms with van der Waals surface area (Å²) in [6.07, 6.45) is -0.167. The quantitative estimate of drug-likeness (QED) is 0.828. The van der Waals surface area contributed by atoms with Crippen LogP contribution in [0.25, 0.3) is 0 Å². The Kier molecular flexibility index (Phi) is 4.26. The maximum Gasteiger partial charge on any atom is 0.227 e. The molecule has 3 unspecified atom stereocenters. The number of carbonyl (C=O) groups is 1. The Morgan fingerprint density at radius 1 is 1.24 bits per heavy atom. The van der Waals surface area contributed by atoms with Crippen LogP contribution in [0.4, 0.5) is 0 Å². The third-order valence-corrected chi connectivity index (χ3v) is 3.86. The Bertz CT molecular complexity index is 508. The van der Waals surface area contributed by atoms with Crippen molar-refractivity contribution in [2.24, 2.45) is 5.92 Å². The molecule has 0 bridgehead atoms. The summed E-state index contributed by atoms with van der Waals surface area (Å²) in [5, 5.41) is 6.03. The van der Waals surface area contributed by atoms with Crippen LogP contribution in [0.3, 0.4) is 0 Å². The summed E-state index contributed by atoms with van der Waals surface area (Å²) in [5.74, 6) is 1.32. The number of hydrogen-bond donors (Lipinski definition) is 2. The molecule has 1 saturated heterocycles. The Morgan fingerprint density at radius 3 is 2.86 bits per heavy atom. The third kappa shape index (κ3) is 3.11. The maximum atomic E-state index is 12.2. The summed E-state index contributed by atoms with van der Waals surface area (Å²) < 4.78 is 16.8. The smallest absolute Gasteiger partial charge is 0.227 e. The van der Waals surface area contributed by atoms with Gasteiger partial charge in [-0.2, -0.15) is 0 Å². The number of benzene rings is 1. The molecule has 0 spiro atoms. The largest absolute Gasteiger partial charge is 0.486 e. The highest BCUT2D eigenvalue weighted by Gasteiger charge is 2.33. The Hall–Kier alpha value is -1.79. The molecule has 2 heterocycles. The monoisotopic (exact) mass is 292 g/mol. The molecule has 0 aromatic heterocycles. The van der Waals surface area contributed by atoms with Crippen molar-refractivity contribution < 1.29 is 19.0 Å². The molecule has 1 fully saturated rings. The van der Waals surface area contributed by atoms with Gasteiger partial charge in [-0.05, 0) is 19.2 Å². The Labute approximate surface area is 123 Å². The van der Waals surface area contributed by atoms with Crippen LogP contribution in [-0.2, 0) is 9.53 Å². The topological polar surface area (TPSA) is 68.8 Å². The number of nitrogens with one attached hydrogen (secondary N) is 2. The lowest BCUT2D eigenvalue weighted by molar-refractivity contribution is -0.125. The van der Waals surface area contributed by atoms with Crippen LogP contribution in [0.2, 0.25) is 0 Å². The van der Waals surface area contributed by atoms with Gasteiger partial charge in [0.15, 0.2) is 11.5 Å². The van der Waals surface area contributed by atoms with Crippen LogP contribution in [0.5, 0.6) is 11.5 Å². The third-order valence-electron chi connectivity index (χ3n) is 3.86. The first-order valence-electron chi connectivity index (χ1n) is 7.19. The number of hydrogen-bond acceptors (Lipinski definition) is 5. The molecule has 2 aliphatic rings. The van der Waals surface area contributed by atoms with E-state index in [0.29, 0.717) is 26.4 Å². The molecule has 21 heavy (non-hydrogen) atoms. The lowest BCUT2D eigenvalue weighted by Crippen LogP contribution is -2.47. The Morgan fingerprint density at radius 2 is 2.05 bits per heavy atom. The van der Waals surface area contributed by atoms with Crippen molar-refractivity contribution in [2.75, 3.05) is 33.4 Å². The summed E-state index contributed by atoms with van der Waals surface area (Å²) in [6.45, 7) is 1.90. The average molecular weight is 292 g/mol. The van der Waals surface area contributed by atoms with Crippen molar-refractivity contribution >= 4 is 5.91 Å². The molecule has 1 amide bonds. The fourth-order valence-corrected chi connectivity index (χ4v) is 2.61. The van der Waals surface area contributed by atoms with Crippen molar-refractivity contribution in [2.45, 2.75) is 12.1 Å². The molecule has 3 atom stereocenters. The van der Waals surface area contributed by atoms with Gasteiger partial charge in [0.2, 0.25) is 5.91 Å². The van der Waals surface area contributed by atoms with Gasteiger partial charge < -0.3 is 24.8 Å². The van der Waals surface area contributed by atoms with Gasteiger partial charge in [0.05, 0.1) is 25.7 Å². The lowest BCUT2D eigenvalue weighted by Gasteiger charge is -2.27. The van der Waals surface area contributed by atoms with E-state index in [1.807, 2.05) is 31.3 Å². The highest BCUT2D eigenvalue weighted by molar-refractivity contribution is 5.79. The zero-order valence-electron chi connectivity index (χ0n) is 12.0. The second kappa shape index (κ2) is 6.32. The minimum absolute atomic E-state index is 0.00527. The van der Waals surface area contributed by atoms with Crippen molar-refractivity contribution in [3.8, 4) is 11.5 Å². The minimum Gasteiger partial charge on any atom is -0.486 e. The lowest BCUT2D eigenvalue weighted by atomic mass is 10.0. The van der Waals surface area contributed by atoms with Crippen LogP contribution in [-0.4, -0.2) is 51.5 Å². The van der Waals surface area contributed by atoms with Crippen LogP contribution < -0.4 is 20.1 Å². The van der Waals surface area contributed by atoms with E-state index in [0.717, 1.165) is 11.5 Å². The van der Waals surface area contributed by atoms with E-state index < -0.39 is 0 Å². The van der Waals surface area contributed by atoms with Crippen molar-refractivity contribution in [1.82, 2.24) is 10.6 Å². The maximum absolute atomic E-state index is 12.2. The van der Waals surface area contributed by atoms with Gasteiger partial charge >= 0.3 is 0 Å². The summed E-state index contributed by atoms with van der Waals surface area (Å²) in [6, 6.07) is 7.62. The zero-order valence-corrected chi connectivity index (χ0v) is 12.0. The van der Waals surface area contributed by atoms with Gasteiger partial charge in [-0.15, -0.1) is 0 Å². The molecule has 0 saturated carbocycles. The van der Waals surface area contributed by atoms with Gasteiger partial charge in [0.1, 0.15) is 12.7 Å². The average Bonchev–Trinajstić information content (AvgIpc) is 3.01. The van der Waals surface area contributed by atoms with Gasteiger partial charge in [-0.3, -0.25) is 4.79 Å². The van der Waals surface area contributed by atoms with Crippen LogP contribution >= 0.6 is 0 Å².